The summed E-state index contributed by atoms with van der Waals surface area (Å²) in [6.07, 6.45) is 1.94. The zero-order valence-corrected chi connectivity index (χ0v) is 13.7. The molecule has 2 N–H and O–H groups in total. The van der Waals surface area contributed by atoms with Crippen molar-refractivity contribution in [1.29, 1.82) is 0 Å². The largest absolute Gasteiger partial charge is 0.326 e. The van der Waals surface area contributed by atoms with Gasteiger partial charge in [-0.15, -0.1) is 0 Å². The Morgan fingerprint density at radius 1 is 1.42 bits per heavy atom. The molecule has 0 saturated carbocycles. The Labute approximate surface area is 124 Å². The zero-order chi connectivity index (χ0) is 14.6. The van der Waals surface area contributed by atoms with Gasteiger partial charge in [0.15, 0.2) is 0 Å². The summed E-state index contributed by atoms with van der Waals surface area (Å²) < 4.78 is 26.3. The lowest BCUT2D eigenvalue weighted by molar-refractivity contribution is 0.488. The summed E-state index contributed by atoms with van der Waals surface area (Å²) in [6, 6.07) is 3.19. The molecule has 0 aliphatic carbocycles. The molecule has 1 aromatic carbocycles. The summed E-state index contributed by atoms with van der Waals surface area (Å²) in [5.74, 6) is 0.749. The lowest BCUT2D eigenvalue weighted by atomic mass is 10.1. The van der Waals surface area contributed by atoms with Crippen molar-refractivity contribution in [2.75, 3.05) is 25.6 Å². The van der Waals surface area contributed by atoms with E-state index in [2.05, 4.69) is 0 Å². The van der Waals surface area contributed by atoms with E-state index in [1.54, 1.807) is 31.8 Å². The van der Waals surface area contributed by atoms with Gasteiger partial charge >= 0.3 is 0 Å². The highest BCUT2D eigenvalue weighted by Crippen LogP contribution is 2.26. The van der Waals surface area contributed by atoms with Crippen LogP contribution in [-0.2, 0) is 16.6 Å². The number of sulfonamides is 1. The highest BCUT2D eigenvalue weighted by Gasteiger charge is 2.24. The maximum absolute atomic E-state index is 12.5. The second-order valence-electron chi connectivity index (χ2n) is 4.21. The van der Waals surface area contributed by atoms with Gasteiger partial charge in [0.05, 0.1) is 4.90 Å². The second-order valence-corrected chi connectivity index (χ2v) is 7.65. The van der Waals surface area contributed by atoms with Crippen molar-refractivity contribution in [3.05, 3.63) is 28.3 Å². The van der Waals surface area contributed by atoms with Crippen LogP contribution < -0.4 is 5.73 Å². The summed E-state index contributed by atoms with van der Waals surface area (Å²) >= 11 is 7.58. The number of thioether (sulfide) groups is 1. The molecule has 0 heterocycles. The first-order valence-corrected chi connectivity index (χ1v) is 9.00. The minimum atomic E-state index is -3.52. The highest BCUT2D eigenvalue weighted by molar-refractivity contribution is 7.98. The van der Waals surface area contributed by atoms with Crippen LogP contribution in [0.1, 0.15) is 11.1 Å². The molecule has 0 atom stereocenters. The van der Waals surface area contributed by atoms with Gasteiger partial charge in [0.1, 0.15) is 0 Å². The standard InChI is InChI=1S/C12H19ClN2O2S2/c1-9-10(8-14)6-11(13)7-12(9)19(16,17)15(2)4-5-18-3/h6-7H,4-5,8,14H2,1-3H3. The number of hydrogen-bond acceptors (Lipinski definition) is 4. The molecule has 0 fully saturated rings. The molecule has 0 aliphatic rings. The minimum Gasteiger partial charge on any atom is -0.326 e. The third kappa shape index (κ3) is 3.86. The number of hydrogen-bond donors (Lipinski definition) is 1. The smallest absolute Gasteiger partial charge is 0.243 e. The number of benzene rings is 1. The van der Waals surface area contributed by atoms with Gasteiger partial charge in [-0.25, -0.2) is 12.7 Å². The average molecular weight is 323 g/mol. The molecule has 0 bridgehead atoms. The number of rotatable bonds is 6. The molecular weight excluding hydrogens is 304 g/mol. The van der Waals surface area contributed by atoms with Crippen molar-refractivity contribution >= 4 is 33.4 Å². The first-order chi connectivity index (χ1) is 8.84. The maximum atomic E-state index is 12.5. The van der Waals surface area contributed by atoms with Gasteiger partial charge in [-0.1, -0.05) is 11.6 Å². The van der Waals surface area contributed by atoms with Crippen LogP contribution in [0.25, 0.3) is 0 Å². The van der Waals surface area contributed by atoms with E-state index >= 15 is 0 Å². The Hall–Kier alpha value is -0.270. The normalized spacial score (nSPS) is 12.1. The SMILES string of the molecule is CSCCN(C)S(=O)(=O)c1cc(Cl)cc(CN)c1C. The van der Waals surface area contributed by atoms with Gasteiger partial charge in [0, 0.05) is 30.9 Å². The van der Waals surface area contributed by atoms with Crippen LogP contribution in [0.3, 0.4) is 0 Å². The van der Waals surface area contributed by atoms with Gasteiger partial charge in [0.2, 0.25) is 10.0 Å². The van der Waals surface area contributed by atoms with Crippen LogP contribution >= 0.6 is 23.4 Å². The number of nitrogens with two attached hydrogens (primary N) is 1. The Balaban J connectivity index is 3.25. The molecule has 0 unspecified atom stereocenters. The molecular formula is C12H19ClN2O2S2. The molecule has 108 valence electrons. The number of halogens is 1. The lowest BCUT2D eigenvalue weighted by Crippen LogP contribution is -2.30. The fraction of sp³-hybridized carbons (Fsp3) is 0.500. The van der Waals surface area contributed by atoms with Crippen LogP contribution in [-0.4, -0.2) is 38.3 Å². The Bertz CT molecular complexity index is 547. The third-order valence-electron chi connectivity index (χ3n) is 2.95. The number of nitrogens with zero attached hydrogens (tertiary/aromatic N) is 1. The van der Waals surface area contributed by atoms with Gasteiger partial charge in [-0.3, -0.25) is 0 Å². The van der Waals surface area contributed by atoms with E-state index in [4.69, 9.17) is 17.3 Å². The molecule has 0 amide bonds. The lowest BCUT2D eigenvalue weighted by Gasteiger charge is -2.19. The molecule has 19 heavy (non-hydrogen) atoms. The Morgan fingerprint density at radius 2 is 2.05 bits per heavy atom. The molecule has 0 radical (unpaired) electrons. The van der Waals surface area contributed by atoms with Crippen molar-refractivity contribution in [3.63, 3.8) is 0 Å². The fourth-order valence-electron chi connectivity index (χ4n) is 1.70. The van der Waals surface area contributed by atoms with Gasteiger partial charge < -0.3 is 5.73 Å². The van der Waals surface area contributed by atoms with E-state index in [0.29, 0.717) is 17.1 Å². The van der Waals surface area contributed by atoms with Crippen molar-refractivity contribution in [3.8, 4) is 0 Å². The average Bonchev–Trinajstić information content (AvgIpc) is 2.37. The highest BCUT2D eigenvalue weighted by atomic mass is 35.5. The predicted molar refractivity (Wildman–Crippen MR) is 82.3 cm³/mol. The van der Waals surface area contributed by atoms with Crippen molar-refractivity contribution in [1.82, 2.24) is 4.31 Å². The Morgan fingerprint density at radius 3 is 2.58 bits per heavy atom. The molecule has 0 saturated heterocycles. The second kappa shape index (κ2) is 6.95. The minimum absolute atomic E-state index is 0.240. The van der Waals surface area contributed by atoms with Gasteiger partial charge in [-0.2, -0.15) is 11.8 Å². The van der Waals surface area contributed by atoms with E-state index in [9.17, 15) is 8.42 Å². The molecule has 1 aromatic rings. The monoisotopic (exact) mass is 322 g/mol. The molecule has 1 rings (SSSR count). The molecule has 0 spiro atoms. The third-order valence-corrected chi connectivity index (χ3v) is 5.74. The van der Waals surface area contributed by atoms with Gasteiger partial charge in [-0.05, 0) is 36.4 Å². The predicted octanol–water partition coefficient (Wildman–Crippen LogP) is 2.09. The van der Waals surface area contributed by atoms with Crippen LogP contribution in [0.5, 0.6) is 0 Å². The van der Waals surface area contributed by atoms with E-state index < -0.39 is 10.0 Å². The summed E-state index contributed by atoms with van der Waals surface area (Å²) in [5, 5.41) is 0.392. The van der Waals surface area contributed by atoms with Crippen LogP contribution in [0.4, 0.5) is 0 Å². The first kappa shape index (κ1) is 16.8. The van der Waals surface area contributed by atoms with E-state index in [0.717, 1.165) is 11.3 Å². The molecule has 0 aliphatic heterocycles. The van der Waals surface area contributed by atoms with E-state index in [-0.39, 0.29) is 11.4 Å². The van der Waals surface area contributed by atoms with Gasteiger partial charge in [0.25, 0.3) is 0 Å². The van der Waals surface area contributed by atoms with E-state index in [1.807, 2.05) is 6.26 Å². The molecule has 4 nitrogen and oxygen atoms in total. The van der Waals surface area contributed by atoms with Crippen molar-refractivity contribution in [2.45, 2.75) is 18.4 Å². The summed E-state index contributed by atoms with van der Waals surface area (Å²) in [4.78, 5) is 0.240. The maximum Gasteiger partial charge on any atom is 0.243 e. The van der Waals surface area contributed by atoms with E-state index in [1.165, 1.54) is 10.4 Å². The van der Waals surface area contributed by atoms with Crippen LogP contribution in [0.2, 0.25) is 5.02 Å². The summed E-state index contributed by atoms with van der Waals surface area (Å²) in [7, 11) is -1.94. The quantitative estimate of drug-likeness (QED) is 0.871. The first-order valence-electron chi connectivity index (χ1n) is 5.79. The van der Waals surface area contributed by atoms with Crippen LogP contribution in [0, 0.1) is 6.92 Å². The molecule has 0 aromatic heterocycles. The Kier molecular flexibility index (Phi) is 6.14. The molecule has 7 heteroatoms. The fourth-order valence-corrected chi connectivity index (χ4v) is 4.03. The summed E-state index contributed by atoms with van der Waals surface area (Å²) in [5.41, 5.74) is 7.04. The summed E-state index contributed by atoms with van der Waals surface area (Å²) in [6.45, 7) is 2.49. The zero-order valence-electron chi connectivity index (χ0n) is 11.3. The van der Waals surface area contributed by atoms with Crippen molar-refractivity contribution in [2.24, 2.45) is 5.73 Å². The topological polar surface area (TPSA) is 63.4 Å². The van der Waals surface area contributed by atoms with Crippen molar-refractivity contribution < 1.29 is 8.42 Å². The van der Waals surface area contributed by atoms with Crippen LogP contribution in [0.15, 0.2) is 17.0 Å².